The minimum Gasteiger partial charge on any atom is -0.309 e. The topological polar surface area (TPSA) is 17.1 Å². The van der Waals surface area contributed by atoms with Crippen LogP contribution in [0, 0.1) is 0 Å². The number of benzene rings is 10. The lowest BCUT2D eigenvalue weighted by atomic mass is 9.86. The van der Waals surface area contributed by atoms with Gasteiger partial charge in [0.2, 0.25) is 0 Å². The Hall–Kier alpha value is -6.01. The summed E-state index contributed by atoms with van der Waals surface area (Å²) < 4.78 is 16.2. The molecular formula is C48H31OP. The summed E-state index contributed by atoms with van der Waals surface area (Å²) in [6.07, 6.45) is 0. The van der Waals surface area contributed by atoms with Crippen LogP contribution in [-0.2, 0) is 4.57 Å². The first-order valence-corrected chi connectivity index (χ1v) is 18.8. The van der Waals surface area contributed by atoms with E-state index in [1.807, 2.05) is 36.4 Å². The fourth-order valence-corrected chi connectivity index (χ4v) is 11.3. The smallest absolute Gasteiger partial charge is 0.172 e. The average molecular weight is 655 g/mol. The van der Waals surface area contributed by atoms with E-state index in [1.54, 1.807) is 0 Å². The van der Waals surface area contributed by atoms with Crippen molar-refractivity contribution in [2.24, 2.45) is 0 Å². The van der Waals surface area contributed by atoms with E-state index in [9.17, 15) is 0 Å². The van der Waals surface area contributed by atoms with E-state index < -0.39 is 7.14 Å². The maximum absolute atomic E-state index is 16.2. The zero-order valence-corrected chi connectivity index (χ0v) is 28.1. The van der Waals surface area contributed by atoms with Gasteiger partial charge in [-0.05, 0) is 81.8 Å². The Morgan fingerprint density at radius 2 is 0.740 bits per heavy atom. The quantitative estimate of drug-likeness (QED) is 0.105. The minimum absolute atomic E-state index is 0.828. The van der Waals surface area contributed by atoms with E-state index in [-0.39, 0.29) is 0 Å². The highest BCUT2D eigenvalue weighted by atomic mass is 31.2. The lowest BCUT2D eigenvalue weighted by Gasteiger charge is -2.24. The maximum Gasteiger partial charge on any atom is 0.172 e. The minimum atomic E-state index is -3.35. The molecule has 0 atom stereocenters. The summed E-state index contributed by atoms with van der Waals surface area (Å²) in [5, 5.41) is 16.7. The van der Waals surface area contributed by atoms with Gasteiger partial charge < -0.3 is 4.57 Å². The van der Waals surface area contributed by atoms with Crippen LogP contribution in [0.1, 0.15) is 0 Å². The van der Waals surface area contributed by atoms with Crippen molar-refractivity contribution in [1.29, 1.82) is 0 Å². The molecule has 0 aromatic heterocycles. The second-order valence-electron chi connectivity index (χ2n) is 13.1. The molecule has 0 N–H and O–H groups in total. The van der Waals surface area contributed by atoms with Gasteiger partial charge in [0.25, 0.3) is 0 Å². The maximum atomic E-state index is 16.2. The molecule has 0 fully saturated rings. The summed E-state index contributed by atoms with van der Waals surface area (Å²) in [4.78, 5) is 0. The van der Waals surface area contributed by atoms with Gasteiger partial charge in [0.15, 0.2) is 7.14 Å². The van der Waals surface area contributed by atoms with Crippen molar-refractivity contribution in [3.05, 3.63) is 188 Å². The van der Waals surface area contributed by atoms with Gasteiger partial charge in [0.1, 0.15) is 0 Å². The molecule has 10 aromatic rings. The van der Waals surface area contributed by atoms with Gasteiger partial charge in [-0.3, -0.25) is 0 Å². The molecule has 0 unspecified atom stereocenters. The van der Waals surface area contributed by atoms with Crippen molar-refractivity contribution in [2.45, 2.75) is 0 Å². The van der Waals surface area contributed by atoms with E-state index in [2.05, 4.69) is 152 Å². The van der Waals surface area contributed by atoms with Crippen LogP contribution in [0.4, 0.5) is 0 Å². The summed E-state index contributed by atoms with van der Waals surface area (Å²) in [6.45, 7) is 0. The molecule has 0 saturated heterocycles. The Kier molecular flexibility index (Phi) is 6.53. The predicted molar refractivity (Wildman–Crippen MR) is 216 cm³/mol. The van der Waals surface area contributed by atoms with Gasteiger partial charge in [0, 0.05) is 15.9 Å². The van der Waals surface area contributed by atoms with Crippen LogP contribution in [0.3, 0.4) is 0 Å². The molecule has 50 heavy (non-hydrogen) atoms. The molecule has 0 aliphatic rings. The van der Waals surface area contributed by atoms with Crippen LogP contribution in [0.2, 0.25) is 0 Å². The van der Waals surface area contributed by atoms with Gasteiger partial charge in [0.05, 0.1) is 0 Å². The van der Waals surface area contributed by atoms with E-state index in [0.29, 0.717) is 0 Å². The first kappa shape index (κ1) is 29.0. The number of hydrogen-bond donors (Lipinski definition) is 0. The Morgan fingerprint density at radius 1 is 0.320 bits per heavy atom. The molecular weight excluding hydrogens is 624 g/mol. The van der Waals surface area contributed by atoms with Crippen molar-refractivity contribution in [1.82, 2.24) is 0 Å². The second-order valence-corrected chi connectivity index (χ2v) is 15.8. The van der Waals surface area contributed by atoms with Crippen LogP contribution in [0.25, 0.3) is 75.8 Å². The van der Waals surface area contributed by atoms with Gasteiger partial charge in [-0.15, -0.1) is 0 Å². The predicted octanol–water partition coefficient (Wildman–Crippen LogP) is 11.9. The Balaban J connectivity index is 1.28. The monoisotopic (exact) mass is 654 g/mol. The third-order valence-corrected chi connectivity index (χ3v) is 13.6. The van der Waals surface area contributed by atoms with Crippen molar-refractivity contribution in [2.75, 3.05) is 0 Å². The molecule has 0 saturated carbocycles. The fraction of sp³-hybridized carbons (Fsp3) is 0. The number of rotatable bonds is 4. The zero-order chi connectivity index (χ0) is 33.2. The first-order chi connectivity index (χ1) is 24.7. The van der Waals surface area contributed by atoms with Crippen LogP contribution < -0.4 is 15.9 Å². The van der Waals surface area contributed by atoms with E-state index >= 15 is 4.57 Å². The van der Waals surface area contributed by atoms with Crippen LogP contribution in [0.5, 0.6) is 0 Å². The highest BCUT2D eigenvalue weighted by Crippen LogP contribution is 2.48. The average Bonchev–Trinajstić information content (AvgIpc) is 3.19. The third-order valence-electron chi connectivity index (χ3n) is 10.5. The number of hydrogen-bond acceptors (Lipinski definition) is 1. The molecule has 0 amide bonds. The van der Waals surface area contributed by atoms with Crippen LogP contribution in [0.15, 0.2) is 188 Å². The third kappa shape index (κ3) is 4.24. The van der Waals surface area contributed by atoms with Crippen LogP contribution >= 0.6 is 7.14 Å². The highest BCUT2D eigenvalue weighted by Gasteiger charge is 2.33. The first-order valence-electron chi connectivity index (χ1n) is 17.1. The Labute approximate surface area is 290 Å². The van der Waals surface area contributed by atoms with Crippen molar-refractivity contribution in [3.8, 4) is 11.1 Å². The molecule has 1 nitrogen and oxygen atoms in total. The SMILES string of the molecule is O=P(c1ccc(-c2c3ccccc3cc3c4ccccc4c4ccccc4c23)cc1)(c1cccc2ccccc12)c1cccc2ccccc12. The second kappa shape index (κ2) is 11.3. The molecule has 0 spiro atoms. The Morgan fingerprint density at radius 3 is 1.32 bits per heavy atom. The fourth-order valence-electron chi connectivity index (χ4n) is 8.24. The molecule has 10 rings (SSSR count). The molecule has 0 aliphatic carbocycles. The van der Waals surface area contributed by atoms with Gasteiger partial charge >= 0.3 is 0 Å². The molecule has 0 heterocycles. The standard InChI is InChI=1S/C48H31OP/c49-50(45-25-11-16-32-13-1-4-18-37(32)45,46-26-12-17-33-14-2-5-19-38(33)46)36-29-27-34(28-30-36)47-39-20-6-3-15-35(39)31-44-42-23-8-7-21-40(42)41-22-9-10-24-43(41)48(44)47/h1-31H. The summed E-state index contributed by atoms with van der Waals surface area (Å²) in [6, 6.07) is 66.2. The molecule has 234 valence electrons. The summed E-state index contributed by atoms with van der Waals surface area (Å²) in [7, 11) is -3.35. The summed E-state index contributed by atoms with van der Waals surface area (Å²) in [5.74, 6) is 0. The molecule has 0 aliphatic heterocycles. The highest BCUT2D eigenvalue weighted by molar-refractivity contribution is 7.86. The van der Waals surface area contributed by atoms with Gasteiger partial charge in [-0.2, -0.15) is 0 Å². The van der Waals surface area contributed by atoms with Gasteiger partial charge in [-0.25, -0.2) is 0 Å². The van der Waals surface area contributed by atoms with E-state index in [4.69, 9.17) is 0 Å². The van der Waals surface area contributed by atoms with E-state index in [0.717, 1.165) is 43.0 Å². The summed E-state index contributed by atoms with van der Waals surface area (Å²) >= 11 is 0. The van der Waals surface area contributed by atoms with Crippen molar-refractivity contribution in [3.63, 3.8) is 0 Å². The normalized spacial score (nSPS) is 12.1. The van der Waals surface area contributed by atoms with E-state index in [1.165, 1.54) is 48.7 Å². The van der Waals surface area contributed by atoms with Crippen molar-refractivity contribution >= 4 is 87.7 Å². The molecule has 0 radical (unpaired) electrons. The largest absolute Gasteiger partial charge is 0.309 e. The molecule has 2 heteroatoms. The Bertz CT molecular complexity index is 2920. The van der Waals surface area contributed by atoms with Crippen molar-refractivity contribution < 1.29 is 4.57 Å². The molecule has 0 bridgehead atoms. The van der Waals surface area contributed by atoms with Gasteiger partial charge in [-0.1, -0.05) is 182 Å². The number of fused-ring (bicyclic) bond motifs is 9. The lowest BCUT2D eigenvalue weighted by Crippen LogP contribution is -2.26. The lowest BCUT2D eigenvalue weighted by molar-refractivity contribution is 0.593. The summed E-state index contributed by atoms with van der Waals surface area (Å²) in [5.41, 5.74) is 2.31. The zero-order valence-electron chi connectivity index (χ0n) is 27.3. The molecule has 10 aromatic carbocycles. The van der Waals surface area contributed by atoms with Crippen LogP contribution in [-0.4, -0.2) is 0 Å².